The summed E-state index contributed by atoms with van der Waals surface area (Å²) >= 11 is 0. The molecule has 0 bridgehead atoms. The largest absolute Gasteiger partial charge is 0.496 e. The highest BCUT2D eigenvalue weighted by Gasteiger charge is 2.32. The van der Waals surface area contributed by atoms with Crippen LogP contribution in [0.2, 0.25) is 0 Å². The van der Waals surface area contributed by atoms with E-state index in [9.17, 15) is 13.2 Å². The molecule has 1 heterocycles. The molecular weight excluding hydrogens is 378 g/mol. The highest BCUT2D eigenvalue weighted by Crippen LogP contribution is 2.33. The van der Waals surface area contributed by atoms with Crippen LogP contribution in [0, 0.1) is 5.92 Å². The van der Waals surface area contributed by atoms with Gasteiger partial charge in [0.25, 0.3) is 5.91 Å². The maximum atomic E-state index is 13.1. The lowest BCUT2D eigenvalue weighted by atomic mass is 9.79. The molecule has 2 unspecified atom stereocenters. The van der Waals surface area contributed by atoms with Crippen LogP contribution in [0.4, 0.5) is 5.69 Å². The van der Waals surface area contributed by atoms with Crippen LogP contribution < -0.4 is 21.1 Å². The Hall–Kier alpha value is -1.80. The van der Waals surface area contributed by atoms with Crippen molar-refractivity contribution in [2.24, 2.45) is 5.92 Å². The Morgan fingerprint density at radius 2 is 2.07 bits per heavy atom. The number of nitrogens with one attached hydrogen (secondary N) is 2. The smallest absolute Gasteiger partial charge is 0.255 e. The Morgan fingerprint density at radius 3 is 2.61 bits per heavy atom. The second-order valence-corrected chi connectivity index (χ2v) is 10.1. The maximum Gasteiger partial charge on any atom is 0.255 e. The maximum absolute atomic E-state index is 13.1. The second-order valence-electron chi connectivity index (χ2n) is 7.81. The van der Waals surface area contributed by atoms with E-state index in [2.05, 4.69) is 10.6 Å². The summed E-state index contributed by atoms with van der Waals surface area (Å²) < 4.78 is 30.0. The summed E-state index contributed by atoms with van der Waals surface area (Å²) in [6, 6.07) is 3.05. The number of carbonyl (C=O) groups is 1. The highest BCUT2D eigenvalue weighted by molar-refractivity contribution is 7.91. The van der Waals surface area contributed by atoms with Gasteiger partial charge in [0.15, 0.2) is 9.84 Å². The molecule has 8 heteroatoms. The second kappa shape index (κ2) is 8.69. The van der Waals surface area contributed by atoms with Gasteiger partial charge in [-0.15, -0.1) is 0 Å². The minimum Gasteiger partial charge on any atom is -0.496 e. The van der Waals surface area contributed by atoms with Gasteiger partial charge in [-0.25, -0.2) is 8.42 Å². The van der Waals surface area contributed by atoms with Crippen molar-refractivity contribution in [1.29, 1.82) is 0 Å². The van der Waals surface area contributed by atoms with E-state index in [-0.39, 0.29) is 45.6 Å². The number of methoxy groups -OCH3 is 1. The fourth-order valence-corrected chi connectivity index (χ4v) is 5.09. The predicted molar refractivity (Wildman–Crippen MR) is 109 cm³/mol. The van der Waals surface area contributed by atoms with Crippen LogP contribution >= 0.6 is 0 Å². The standard InChI is InChI=1S/C20H31N3O4S/c1-3-28(25,26)19-11-14(18(27-2)12-15(19)21)20(24)23-17(10-13-6-4-7-13)16-8-5-9-22-16/h11-13,16-17,22H,3-10,21H2,1-2H3,(H,23,24). The molecule has 1 aromatic carbocycles. The van der Waals surface area contributed by atoms with Crippen molar-refractivity contribution >= 4 is 21.4 Å². The summed E-state index contributed by atoms with van der Waals surface area (Å²) in [5.74, 6) is 0.534. The van der Waals surface area contributed by atoms with Crippen LogP contribution in [-0.4, -0.2) is 45.8 Å². The average Bonchev–Trinajstić information content (AvgIpc) is 3.17. The van der Waals surface area contributed by atoms with Crippen molar-refractivity contribution < 1.29 is 17.9 Å². The van der Waals surface area contributed by atoms with Crippen LogP contribution in [0.3, 0.4) is 0 Å². The molecule has 4 N–H and O–H groups in total. The van der Waals surface area contributed by atoms with Crippen LogP contribution in [-0.2, 0) is 9.84 Å². The molecule has 2 aliphatic rings. The molecule has 7 nitrogen and oxygen atoms in total. The third kappa shape index (κ3) is 4.43. The molecular formula is C20H31N3O4S. The molecule has 28 heavy (non-hydrogen) atoms. The zero-order valence-electron chi connectivity index (χ0n) is 16.7. The van der Waals surface area contributed by atoms with E-state index in [1.165, 1.54) is 38.5 Å². The number of nitrogen functional groups attached to an aromatic ring is 1. The molecule has 1 aromatic rings. The Kier molecular flexibility index (Phi) is 6.50. The Morgan fingerprint density at radius 1 is 1.32 bits per heavy atom. The molecule has 2 atom stereocenters. The third-order valence-corrected chi connectivity index (χ3v) is 7.79. The molecule has 2 fully saturated rings. The number of benzene rings is 1. The van der Waals surface area contributed by atoms with Gasteiger partial charge in [0.1, 0.15) is 5.75 Å². The molecule has 1 amide bonds. The Balaban J connectivity index is 1.87. The molecule has 0 aromatic heterocycles. The minimum atomic E-state index is -3.54. The van der Waals surface area contributed by atoms with E-state index in [1.54, 1.807) is 6.92 Å². The molecule has 1 saturated carbocycles. The van der Waals surface area contributed by atoms with Crippen molar-refractivity contribution in [2.45, 2.75) is 62.4 Å². The zero-order chi connectivity index (χ0) is 20.3. The van der Waals surface area contributed by atoms with E-state index in [0.717, 1.165) is 25.8 Å². The van der Waals surface area contributed by atoms with Gasteiger partial charge in [-0.2, -0.15) is 0 Å². The number of amides is 1. The van der Waals surface area contributed by atoms with Crippen LogP contribution in [0.25, 0.3) is 0 Å². The minimum absolute atomic E-state index is 0.0181. The average molecular weight is 410 g/mol. The van der Waals surface area contributed by atoms with Crippen molar-refractivity contribution in [3.05, 3.63) is 17.7 Å². The lowest BCUT2D eigenvalue weighted by Crippen LogP contribution is -2.49. The summed E-state index contributed by atoms with van der Waals surface area (Å²) in [5.41, 5.74) is 6.22. The number of sulfone groups is 1. The summed E-state index contributed by atoms with van der Waals surface area (Å²) in [7, 11) is -2.09. The van der Waals surface area contributed by atoms with Crippen molar-refractivity contribution in [3.8, 4) is 5.75 Å². The number of ether oxygens (including phenoxy) is 1. The first-order valence-corrected chi connectivity index (χ1v) is 11.8. The Bertz CT molecular complexity index is 815. The predicted octanol–water partition coefficient (Wildman–Crippen LogP) is 2.11. The van der Waals surface area contributed by atoms with Crippen molar-refractivity contribution in [1.82, 2.24) is 10.6 Å². The van der Waals surface area contributed by atoms with E-state index < -0.39 is 9.84 Å². The first-order chi connectivity index (χ1) is 13.4. The van der Waals surface area contributed by atoms with Crippen molar-refractivity contribution in [3.63, 3.8) is 0 Å². The van der Waals surface area contributed by atoms with Crippen LogP contribution in [0.1, 0.15) is 55.8 Å². The number of hydrogen-bond donors (Lipinski definition) is 3. The number of nitrogens with two attached hydrogens (primary N) is 1. The zero-order valence-corrected chi connectivity index (χ0v) is 17.5. The first kappa shape index (κ1) is 20.9. The van der Waals surface area contributed by atoms with Crippen molar-refractivity contribution in [2.75, 3.05) is 25.1 Å². The lowest BCUT2D eigenvalue weighted by molar-refractivity contribution is 0.0911. The van der Waals surface area contributed by atoms with Gasteiger partial charge in [-0.05, 0) is 37.8 Å². The van der Waals surface area contributed by atoms with Gasteiger partial charge in [-0.3, -0.25) is 4.79 Å². The molecule has 1 aliphatic heterocycles. The van der Waals surface area contributed by atoms with Crippen LogP contribution in [0.15, 0.2) is 17.0 Å². The molecule has 3 rings (SSSR count). The van der Waals surface area contributed by atoms with Gasteiger partial charge < -0.3 is 21.1 Å². The molecule has 156 valence electrons. The number of carbonyl (C=O) groups excluding carboxylic acids is 1. The van der Waals surface area contributed by atoms with Gasteiger partial charge >= 0.3 is 0 Å². The van der Waals surface area contributed by atoms with Gasteiger partial charge in [0.05, 0.1) is 29.0 Å². The van der Waals surface area contributed by atoms with E-state index in [1.807, 2.05) is 0 Å². The molecule has 0 radical (unpaired) electrons. The highest BCUT2D eigenvalue weighted by atomic mass is 32.2. The monoisotopic (exact) mass is 409 g/mol. The number of anilines is 1. The van der Waals surface area contributed by atoms with E-state index in [4.69, 9.17) is 10.5 Å². The SMILES string of the molecule is CCS(=O)(=O)c1cc(C(=O)NC(CC2CCC2)C2CCCN2)c(OC)cc1N. The van der Waals surface area contributed by atoms with Crippen LogP contribution in [0.5, 0.6) is 5.75 Å². The molecule has 1 saturated heterocycles. The number of hydrogen-bond acceptors (Lipinski definition) is 6. The Labute approximate surface area is 167 Å². The quantitative estimate of drug-likeness (QED) is 0.567. The topological polar surface area (TPSA) is 111 Å². The molecule has 0 spiro atoms. The summed E-state index contributed by atoms with van der Waals surface area (Å²) in [6.07, 6.45) is 6.76. The van der Waals surface area contributed by atoms with E-state index >= 15 is 0 Å². The normalized spacial score (nSPS) is 21.1. The lowest BCUT2D eigenvalue weighted by Gasteiger charge is -2.33. The molecule has 1 aliphatic carbocycles. The van der Waals surface area contributed by atoms with Gasteiger partial charge in [0, 0.05) is 18.2 Å². The van der Waals surface area contributed by atoms with Gasteiger partial charge in [0.2, 0.25) is 0 Å². The number of rotatable bonds is 8. The van der Waals surface area contributed by atoms with Gasteiger partial charge in [-0.1, -0.05) is 26.2 Å². The summed E-state index contributed by atoms with van der Waals surface area (Å²) in [6.45, 7) is 2.52. The van der Waals surface area contributed by atoms with E-state index in [0.29, 0.717) is 5.92 Å². The first-order valence-electron chi connectivity index (χ1n) is 10.1. The fraction of sp³-hybridized carbons (Fsp3) is 0.650. The summed E-state index contributed by atoms with van der Waals surface area (Å²) in [5, 5.41) is 6.64. The fourth-order valence-electron chi connectivity index (χ4n) is 4.06. The summed E-state index contributed by atoms with van der Waals surface area (Å²) in [4.78, 5) is 13.1. The third-order valence-electron chi connectivity index (χ3n) is 6.00.